The topological polar surface area (TPSA) is 25.2 Å². The zero-order chi connectivity index (χ0) is 14.9. The molecule has 0 unspecified atom stereocenters. The molecule has 0 spiro atoms. The van der Waals surface area contributed by atoms with Gasteiger partial charge in [0.2, 0.25) is 0 Å². The lowest BCUT2D eigenvalue weighted by Gasteiger charge is -2.20. The lowest BCUT2D eigenvalue weighted by molar-refractivity contribution is 0.429. The monoisotopic (exact) mass is 273 g/mol. The molecule has 0 saturated carbocycles. The van der Waals surface area contributed by atoms with E-state index in [2.05, 4.69) is 59.0 Å². The quantitative estimate of drug-likeness (QED) is 0.866. The number of fused-ring (bicyclic) bond motifs is 1. The van der Waals surface area contributed by atoms with E-state index in [1.54, 1.807) is 0 Å². The minimum Gasteiger partial charge on any atom is -0.464 e. The number of benzene rings is 1. The Kier molecular flexibility index (Phi) is 4.24. The smallest absolute Gasteiger partial charge is 0.137 e. The van der Waals surface area contributed by atoms with Crippen molar-refractivity contribution in [3.63, 3.8) is 0 Å². The van der Waals surface area contributed by atoms with Crippen LogP contribution in [0.5, 0.6) is 0 Å². The fourth-order valence-electron chi connectivity index (χ4n) is 2.61. The Morgan fingerprint density at radius 2 is 1.90 bits per heavy atom. The van der Waals surface area contributed by atoms with Crippen molar-refractivity contribution in [1.82, 2.24) is 5.32 Å². The van der Waals surface area contributed by atoms with Crippen molar-refractivity contribution in [1.29, 1.82) is 0 Å². The molecule has 2 rings (SSSR count). The second-order valence-electron chi connectivity index (χ2n) is 7.02. The van der Waals surface area contributed by atoms with Gasteiger partial charge in [-0.25, -0.2) is 0 Å². The van der Waals surface area contributed by atoms with E-state index in [9.17, 15) is 0 Å². The maximum atomic E-state index is 5.83. The van der Waals surface area contributed by atoms with Crippen molar-refractivity contribution >= 4 is 11.0 Å². The van der Waals surface area contributed by atoms with Crippen LogP contribution < -0.4 is 5.32 Å². The van der Waals surface area contributed by atoms with Crippen molar-refractivity contribution in [3.05, 3.63) is 35.1 Å². The minimum atomic E-state index is 0.163. The molecule has 1 heterocycles. The van der Waals surface area contributed by atoms with Gasteiger partial charge in [0.05, 0.1) is 6.26 Å². The third kappa shape index (κ3) is 3.24. The zero-order valence-corrected chi connectivity index (χ0v) is 13.6. The molecule has 0 saturated heterocycles. The predicted octanol–water partition coefficient (Wildman–Crippen LogP) is 4.80. The van der Waals surface area contributed by atoms with Crippen LogP contribution in [0.2, 0.25) is 0 Å². The maximum Gasteiger partial charge on any atom is 0.137 e. The summed E-state index contributed by atoms with van der Waals surface area (Å²) in [6.45, 7) is 14.2. The first kappa shape index (κ1) is 15.1. The van der Waals surface area contributed by atoms with Gasteiger partial charge in [-0.1, -0.05) is 26.0 Å². The Hall–Kier alpha value is -1.28. The molecule has 0 aliphatic rings. The minimum absolute atomic E-state index is 0.163. The molecule has 0 aliphatic heterocycles. The van der Waals surface area contributed by atoms with Gasteiger partial charge in [0.25, 0.3) is 0 Å². The van der Waals surface area contributed by atoms with E-state index in [0.717, 1.165) is 18.5 Å². The summed E-state index contributed by atoms with van der Waals surface area (Å²) in [5, 5.41) is 4.88. The standard InChI is InChI=1S/C18H27NO/c1-12(2)15-8-7-13(3)17-16(15)14(11-20-17)9-10-19-18(4,5)6/h7-8,11-12,19H,9-10H2,1-6H3. The molecule has 2 nitrogen and oxygen atoms in total. The molecule has 2 heteroatoms. The van der Waals surface area contributed by atoms with Crippen LogP contribution in [0.25, 0.3) is 11.0 Å². The van der Waals surface area contributed by atoms with Gasteiger partial charge >= 0.3 is 0 Å². The molecule has 0 atom stereocenters. The van der Waals surface area contributed by atoms with E-state index in [-0.39, 0.29) is 5.54 Å². The third-order valence-corrected chi connectivity index (χ3v) is 3.70. The van der Waals surface area contributed by atoms with Crippen LogP contribution in [-0.2, 0) is 6.42 Å². The van der Waals surface area contributed by atoms with Gasteiger partial charge in [-0.15, -0.1) is 0 Å². The SMILES string of the molecule is Cc1ccc(C(C)C)c2c(CCNC(C)(C)C)coc12. The molecule has 0 bridgehead atoms. The van der Waals surface area contributed by atoms with Gasteiger partial charge in [-0.05, 0) is 63.3 Å². The summed E-state index contributed by atoms with van der Waals surface area (Å²) in [5.41, 5.74) is 5.16. The molecule has 20 heavy (non-hydrogen) atoms. The first-order valence-electron chi connectivity index (χ1n) is 7.54. The highest BCUT2D eigenvalue weighted by molar-refractivity contribution is 5.87. The number of aryl methyl sites for hydroxylation is 1. The van der Waals surface area contributed by atoms with Crippen LogP contribution in [0.4, 0.5) is 0 Å². The van der Waals surface area contributed by atoms with Crippen molar-refractivity contribution in [2.45, 2.75) is 59.4 Å². The zero-order valence-electron chi connectivity index (χ0n) is 13.6. The van der Waals surface area contributed by atoms with Crippen LogP contribution in [0, 0.1) is 6.92 Å². The lowest BCUT2D eigenvalue weighted by atomic mass is 9.94. The fourth-order valence-corrected chi connectivity index (χ4v) is 2.61. The number of nitrogens with one attached hydrogen (secondary N) is 1. The first-order valence-corrected chi connectivity index (χ1v) is 7.54. The van der Waals surface area contributed by atoms with Gasteiger partial charge in [0, 0.05) is 10.9 Å². The number of hydrogen-bond acceptors (Lipinski definition) is 2. The van der Waals surface area contributed by atoms with Gasteiger partial charge in [0.15, 0.2) is 0 Å². The molecule has 0 radical (unpaired) electrons. The molecule has 1 aromatic heterocycles. The Morgan fingerprint density at radius 1 is 1.20 bits per heavy atom. The summed E-state index contributed by atoms with van der Waals surface area (Å²) in [6, 6.07) is 4.41. The molecule has 0 aliphatic carbocycles. The van der Waals surface area contributed by atoms with Crippen LogP contribution in [0.15, 0.2) is 22.8 Å². The second kappa shape index (κ2) is 5.61. The largest absolute Gasteiger partial charge is 0.464 e. The van der Waals surface area contributed by atoms with Gasteiger partial charge < -0.3 is 9.73 Å². The fraction of sp³-hybridized carbons (Fsp3) is 0.556. The van der Waals surface area contributed by atoms with Gasteiger partial charge in [0.1, 0.15) is 5.58 Å². The number of hydrogen-bond donors (Lipinski definition) is 1. The summed E-state index contributed by atoms with van der Waals surface area (Å²) in [5.74, 6) is 0.519. The Bertz CT molecular complexity index is 587. The molecule has 2 aromatic rings. The van der Waals surface area contributed by atoms with Crippen LogP contribution >= 0.6 is 0 Å². The van der Waals surface area contributed by atoms with Gasteiger partial charge in [-0.2, -0.15) is 0 Å². The first-order chi connectivity index (χ1) is 9.29. The van der Waals surface area contributed by atoms with E-state index in [4.69, 9.17) is 4.42 Å². The van der Waals surface area contributed by atoms with E-state index >= 15 is 0 Å². The molecule has 1 aromatic carbocycles. The molecule has 0 amide bonds. The number of rotatable bonds is 4. The Balaban J connectivity index is 2.32. The second-order valence-corrected chi connectivity index (χ2v) is 7.02. The molecule has 0 fully saturated rings. The molecular weight excluding hydrogens is 246 g/mol. The van der Waals surface area contributed by atoms with Gasteiger partial charge in [-0.3, -0.25) is 0 Å². The summed E-state index contributed by atoms with van der Waals surface area (Å²) in [6.07, 6.45) is 2.95. The van der Waals surface area contributed by atoms with E-state index in [1.165, 1.54) is 22.1 Å². The third-order valence-electron chi connectivity index (χ3n) is 3.70. The predicted molar refractivity (Wildman–Crippen MR) is 86.5 cm³/mol. The molecular formula is C18H27NO. The molecule has 1 N–H and O–H groups in total. The summed E-state index contributed by atoms with van der Waals surface area (Å²) >= 11 is 0. The maximum absolute atomic E-state index is 5.83. The van der Waals surface area contributed by atoms with E-state index in [0.29, 0.717) is 5.92 Å². The lowest BCUT2D eigenvalue weighted by Crippen LogP contribution is -2.37. The van der Waals surface area contributed by atoms with Crippen LogP contribution in [0.3, 0.4) is 0 Å². The summed E-state index contributed by atoms with van der Waals surface area (Å²) in [7, 11) is 0. The van der Waals surface area contributed by atoms with Crippen molar-refractivity contribution in [2.75, 3.05) is 6.54 Å². The van der Waals surface area contributed by atoms with Crippen molar-refractivity contribution in [3.8, 4) is 0 Å². The summed E-state index contributed by atoms with van der Waals surface area (Å²) < 4.78 is 5.83. The average molecular weight is 273 g/mol. The van der Waals surface area contributed by atoms with Crippen LogP contribution in [0.1, 0.15) is 57.2 Å². The van der Waals surface area contributed by atoms with Crippen molar-refractivity contribution < 1.29 is 4.42 Å². The average Bonchev–Trinajstić information content (AvgIpc) is 2.72. The van der Waals surface area contributed by atoms with E-state index in [1.807, 2.05) is 6.26 Å². The van der Waals surface area contributed by atoms with E-state index < -0.39 is 0 Å². The Labute approximate surface area is 122 Å². The summed E-state index contributed by atoms with van der Waals surface area (Å²) in [4.78, 5) is 0. The highest BCUT2D eigenvalue weighted by Crippen LogP contribution is 2.32. The molecule has 110 valence electrons. The normalized spacial score (nSPS) is 12.6. The Morgan fingerprint density at radius 3 is 2.50 bits per heavy atom. The van der Waals surface area contributed by atoms with Crippen molar-refractivity contribution in [2.24, 2.45) is 0 Å². The highest BCUT2D eigenvalue weighted by atomic mass is 16.3. The number of furan rings is 1. The highest BCUT2D eigenvalue weighted by Gasteiger charge is 2.15. The van der Waals surface area contributed by atoms with Crippen LogP contribution in [-0.4, -0.2) is 12.1 Å².